The molecule has 40 valence electrons. The van der Waals surface area contributed by atoms with Crippen molar-refractivity contribution in [2.75, 3.05) is 18.8 Å². The fourth-order valence-corrected chi connectivity index (χ4v) is 1.05. The van der Waals surface area contributed by atoms with Crippen LogP contribution in [0.25, 0.3) is 0 Å². The first-order chi connectivity index (χ1) is 3.39. The van der Waals surface area contributed by atoms with Crippen molar-refractivity contribution >= 4 is 18.1 Å². The molecule has 0 amide bonds. The van der Waals surface area contributed by atoms with E-state index < -0.39 is 0 Å². The highest BCUT2D eigenvalue weighted by atomic mass is 32.2. The number of aliphatic imine (C=N–C) groups is 1. The summed E-state index contributed by atoms with van der Waals surface area (Å²) < 4.78 is 0. The Morgan fingerprint density at radius 3 is 3.00 bits per heavy atom. The van der Waals surface area contributed by atoms with Gasteiger partial charge in [-0.25, -0.2) is 0 Å². The smallest absolute Gasteiger partial charge is 0.0878 e. The summed E-state index contributed by atoms with van der Waals surface area (Å²) in [6, 6.07) is 0. The van der Waals surface area contributed by atoms with Crippen molar-refractivity contribution in [3.05, 3.63) is 0 Å². The van der Waals surface area contributed by atoms with Crippen LogP contribution < -0.4 is 0 Å². The van der Waals surface area contributed by atoms with E-state index in [0.717, 1.165) is 11.8 Å². The van der Waals surface area contributed by atoms with Gasteiger partial charge >= 0.3 is 0 Å². The molecule has 1 heterocycles. The number of hydrogen-bond donors (Lipinski definition) is 0. The van der Waals surface area contributed by atoms with Gasteiger partial charge in [0.1, 0.15) is 0 Å². The van der Waals surface area contributed by atoms with Crippen molar-refractivity contribution in [1.82, 2.24) is 4.90 Å². The van der Waals surface area contributed by atoms with Crippen molar-refractivity contribution < 1.29 is 0 Å². The fourth-order valence-electron chi connectivity index (χ4n) is 0.444. The van der Waals surface area contributed by atoms with Crippen LogP contribution in [-0.2, 0) is 0 Å². The third kappa shape index (κ3) is 1.39. The third-order valence-corrected chi connectivity index (χ3v) is 1.66. The van der Waals surface area contributed by atoms with Gasteiger partial charge in [0, 0.05) is 7.05 Å². The number of thioether (sulfide) groups is 1. The highest BCUT2D eigenvalue weighted by Crippen LogP contribution is 2.04. The lowest BCUT2D eigenvalue weighted by atomic mass is 10.9. The molecule has 0 radical (unpaired) electrons. The zero-order valence-corrected chi connectivity index (χ0v) is 5.11. The maximum atomic E-state index is 4.02. The van der Waals surface area contributed by atoms with Gasteiger partial charge in [-0.3, -0.25) is 4.99 Å². The lowest BCUT2D eigenvalue weighted by Crippen LogP contribution is -2.18. The Morgan fingerprint density at radius 1 is 1.86 bits per heavy atom. The summed E-state index contributed by atoms with van der Waals surface area (Å²) in [6.07, 6.45) is 1.87. The van der Waals surface area contributed by atoms with Crippen LogP contribution in [0.3, 0.4) is 0 Å². The minimum absolute atomic E-state index is 0.935. The molecule has 1 aliphatic rings. The summed E-state index contributed by atoms with van der Waals surface area (Å²) in [7, 11) is 2.02. The third-order valence-electron chi connectivity index (χ3n) is 0.740. The molecule has 1 rings (SSSR count). The van der Waals surface area contributed by atoms with E-state index in [2.05, 4.69) is 9.89 Å². The molecule has 0 unspecified atom stereocenters. The molecule has 0 saturated heterocycles. The van der Waals surface area contributed by atoms with Crippen molar-refractivity contribution in [3.63, 3.8) is 0 Å². The lowest BCUT2D eigenvalue weighted by molar-refractivity contribution is 0.611. The van der Waals surface area contributed by atoms with E-state index in [1.807, 2.05) is 25.1 Å². The lowest BCUT2D eigenvalue weighted by Gasteiger charge is -2.14. The van der Waals surface area contributed by atoms with Crippen molar-refractivity contribution in [2.45, 2.75) is 0 Å². The predicted molar refractivity (Wildman–Crippen MR) is 33.6 cm³/mol. The molecule has 0 bridgehead atoms. The number of hydrogen-bond acceptors (Lipinski definition) is 3. The van der Waals surface area contributed by atoms with E-state index in [9.17, 15) is 0 Å². The van der Waals surface area contributed by atoms with Gasteiger partial charge in [0.15, 0.2) is 0 Å². The topological polar surface area (TPSA) is 15.6 Å². The maximum absolute atomic E-state index is 4.02. The van der Waals surface area contributed by atoms with Gasteiger partial charge in [-0.1, -0.05) is 0 Å². The average molecular weight is 116 g/mol. The zero-order chi connectivity index (χ0) is 5.11. The summed E-state index contributed by atoms with van der Waals surface area (Å²) in [4.78, 5) is 6.09. The first kappa shape index (κ1) is 4.97. The molecular formula is C4H8N2S. The average Bonchev–Trinajstić information content (AvgIpc) is 1.69. The second-order valence-electron chi connectivity index (χ2n) is 1.52. The highest BCUT2D eigenvalue weighted by Gasteiger charge is 1.94. The molecule has 7 heavy (non-hydrogen) atoms. The quantitative estimate of drug-likeness (QED) is 0.461. The van der Waals surface area contributed by atoms with E-state index >= 15 is 0 Å². The number of nitrogens with zero attached hydrogens (tertiary/aromatic N) is 2. The summed E-state index contributed by atoms with van der Waals surface area (Å²) in [5.74, 6) is 2.02. The molecule has 0 aromatic carbocycles. The second kappa shape index (κ2) is 2.21. The van der Waals surface area contributed by atoms with Gasteiger partial charge in [-0.15, -0.1) is 11.8 Å². The fraction of sp³-hybridized carbons (Fsp3) is 0.750. The molecule has 0 atom stereocenters. The van der Waals surface area contributed by atoms with Crippen molar-refractivity contribution in [2.24, 2.45) is 4.99 Å². The van der Waals surface area contributed by atoms with Crippen LogP contribution in [0.1, 0.15) is 0 Å². The predicted octanol–water partition coefficient (Wildman–Crippen LogP) is 0.608. The largest absolute Gasteiger partial charge is 0.357 e. The molecular weight excluding hydrogens is 108 g/mol. The molecule has 0 aromatic rings. The minimum Gasteiger partial charge on any atom is -0.357 e. The highest BCUT2D eigenvalue weighted by molar-refractivity contribution is 7.99. The van der Waals surface area contributed by atoms with Crippen LogP contribution in [0.4, 0.5) is 0 Å². The first-order valence-electron chi connectivity index (χ1n) is 2.17. The van der Waals surface area contributed by atoms with Gasteiger partial charge < -0.3 is 4.90 Å². The molecule has 1 aliphatic heterocycles. The van der Waals surface area contributed by atoms with Gasteiger partial charge in [0.05, 0.1) is 18.1 Å². The van der Waals surface area contributed by atoms with Crippen LogP contribution >= 0.6 is 11.8 Å². The summed E-state index contributed by atoms with van der Waals surface area (Å²) in [6.45, 7) is 0. The summed E-state index contributed by atoms with van der Waals surface area (Å²) >= 11 is 1.83. The van der Waals surface area contributed by atoms with Crippen LogP contribution in [0.15, 0.2) is 4.99 Å². The Balaban J connectivity index is 2.36. The molecule has 0 fully saturated rings. The molecule has 0 N–H and O–H groups in total. The Morgan fingerprint density at radius 2 is 2.71 bits per heavy atom. The normalized spacial score (nSPS) is 20.4. The summed E-state index contributed by atoms with van der Waals surface area (Å²) in [5.41, 5.74) is 0. The van der Waals surface area contributed by atoms with E-state index in [4.69, 9.17) is 0 Å². The van der Waals surface area contributed by atoms with Gasteiger partial charge in [0.25, 0.3) is 0 Å². The first-order valence-corrected chi connectivity index (χ1v) is 3.33. The van der Waals surface area contributed by atoms with Gasteiger partial charge in [0.2, 0.25) is 0 Å². The molecule has 0 spiro atoms. The Kier molecular flexibility index (Phi) is 1.57. The SMILES string of the molecule is CN1C=NCSC1. The molecule has 3 heteroatoms. The molecule has 0 aliphatic carbocycles. The minimum atomic E-state index is 0.935. The molecule has 2 nitrogen and oxygen atoms in total. The molecule has 0 aromatic heterocycles. The second-order valence-corrected chi connectivity index (χ2v) is 2.44. The van der Waals surface area contributed by atoms with Crippen LogP contribution in [0, 0.1) is 0 Å². The zero-order valence-electron chi connectivity index (χ0n) is 4.29. The Hall–Kier alpha value is -0.180. The summed E-state index contributed by atoms with van der Waals surface area (Å²) in [5, 5.41) is 0. The van der Waals surface area contributed by atoms with Gasteiger partial charge in [-0.05, 0) is 0 Å². The van der Waals surface area contributed by atoms with Crippen LogP contribution in [-0.4, -0.2) is 30.0 Å². The standard InChI is InChI=1S/C4H8N2S/c1-6-2-5-3-7-4-6/h2H,3-4H2,1H3. The van der Waals surface area contributed by atoms with Gasteiger partial charge in [-0.2, -0.15) is 0 Å². The Labute approximate surface area is 47.6 Å². The molecule has 0 saturated carbocycles. The maximum Gasteiger partial charge on any atom is 0.0878 e. The van der Waals surface area contributed by atoms with E-state index in [0.29, 0.717) is 0 Å². The van der Waals surface area contributed by atoms with Crippen molar-refractivity contribution in [1.29, 1.82) is 0 Å². The van der Waals surface area contributed by atoms with Crippen molar-refractivity contribution in [3.8, 4) is 0 Å². The van der Waals surface area contributed by atoms with E-state index in [-0.39, 0.29) is 0 Å². The number of rotatable bonds is 0. The van der Waals surface area contributed by atoms with E-state index in [1.165, 1.54) is 0 Å². The van der Waals surface area contributed by atoms with Crippen LogP contribution in [0.2, 0.25) is 0 Å². The van der Waals surface area contributed by atoms with Crippen LogP contribution in [0.5, 0.6) is 0 Å². The Bertz CT molecular complexity index is 81.8. The van der Waals surface area contributed by atoms with E-state index in [1.54, 1.807) is 0 Å². The monoisotopic (exact) mass is 116 g/mol.